The molecule has 25 heavy (non-hydrogen) atoms. The van der Waals surface area contributed by atoms with Gasteiger partial charge in [0.25, 0.3) is 0 Å². The molecule has 0 bridgehead atoms. The summed E-state index contributed by atoms with van der Waals surface area (Å²) in [5.74, 6) is 0.554. The molecule has 1 aliphatic heterocycles. The first-order valence-electron chi connectivity index (χ1n) is 7.51. The van der Waals surface area contributed by atoms with Gasteiger partial charge in [-0.2, -0.15) is 0 Å². The molecule has 0 unspecified atom stereocenters. The monoisotopic (exact) mass is 371 g/mol. The van der Waals surface area contributed by atoms with Gasteiger partial charge in [-0.05, 0) is 23.8 Å². The number of hydrogen-bond donors (Lipinski definition) is 1. The summed E-state index contributed by atoms with van der Waals surface area (Å²) in [5.41, 5.74) is 2.79. The van der Waals surface area contributed by atoms with Gasteiger partial charge in [0.05, 0.1) is 16.3 Å². The number of aliphatic carboxylic acids is 1. The first kappa shape index (κ1) is 16.0. The van der Waals surface area contributed by atoms with E-state index in [9.17, 15) is 4.79 Å². The summed E-state index contributed by atoms with van der Waals surface area (Å²) in [6.07, 6.45) is 0. The lowest BCUT2D eigenvalue weighted by atomic mass is 10.1. The quantitative estimate of drug-likeness (QED) is 0.671. The molecule has 2 aromatic carbocycles. The molecule has 2 heterocycles. The van der Waals surface area contributed by atoms with Crippen molar-refractivity contribution in [3.05, 3.63) is 48.5 Å². The smallest absolute Gasteiger partial charge is 0.313 e. The number of carbonyl (C=O) groups is 1. The van der Waals surface area contributed by atoms with E-state index in [0.29, 0.717) is 5.75 Å². The third kappa shape index (κ3) is 3.33. The molecule has 4 rings (SSSR count). The largest absolute Gasteiger partial charge is 0.481 e. The zero-order valence-electron chi connectivity index (χ0n) is 13.0. The summed E-state index contributed by atoms with van der Waals surface area (Å²) in [6.45, 7) is 0.223. The van der Waals surface area contributed by atoms with E-state index in [1.165, 1.54) is 23.1 Å². The Labute approximate surface area is 152 Å². The Morgan fingerprint density at radius 2 is 1.92 bits per heavy atom. The molecule has 0 amide bonds. The Bertz CT molecular complexity index is 924. The van der Waals surface area contributed by atoms with E-state index >= 15 is 0 Å². The van der Waals surface area contributed by atoms with Crippen molar-refractivity contribution < 1.29 is 19.4 Å². The Morgan fingerprint density at radius 1 is 1.12 bits per heavy atom. The molecule has 1 aliphatic rings. The van der Waals surface area contributed by atoms with Crippen LogP contribution in [0.25, 0.3) is 21.7 Å². The standard InChI is InChI=1S/C18H13NO4S2/c20-15(21)9-24-18-19-16(17(25-18)11-4-2-1-3-5-11)12-6-7-13-14(8-12)23-10-22-13/h1-8H,9-10H2,(H,20,21). The molecule has 0 fully saturated rings. The third-order valence-corrected chi connectivity index (χ3v) is 5.84. The fourth-order valence-electron chi connectivity index (χ4n) is 2.51. The highest BCUT2D eigenvalue weighted by Crippen LogP contribution is 2.43. The number of thioether (sulfide) groups is 1. The highest BCUT2D eigenvalue weighted by Gasteiger charge is 2.19. The molecule has 0 atom stereocenters. The van der Waals surface area contributed by atoms with Crippen LogP contribution in [0.4, 0.5) is 0 Å². The Kier molecular flexibility index (Phi) is 4.33. The summed E-state index contributed by atoms with van der Waals surface area (Å²) < 4.78 is 11.6. The lowest BCUT2D eigenvalue weighted by molar-refractivity contribution is -0.133. The van der Waals surface area contributed by atoms with Crippen molar-refractivity contribution in [1.29, 1.82) is 0 Å². The number of carboxylic acids is 1. The maximum absolute atomic E-state index is 10.9. The zero-order chi connectivity index (χ0) is 17.2. The average molecular weight is 371 g/mol. The number of hydrogen-bond acceptors (Lipinski definition) is 6. The maximum atomic E-state index is 10.9. The van der Waals surface area contributed by atoms with Crippen LogP contribution in [0.2, 0.25) is 0 Å². The topological polar surface area (TPSA) is 68.7 Å². The van der Waals surface area contributed by atoms with Gasteiger partial charge >= 0.3 is 5.97 Å². The number of aromatic nitrogens is 1. The van der Waals surface area contributed by atoms with E-state index in [1.54, 1.807) is 0 Å². The molecule has 0 aliphatic carbocycles. The van der Waals surface area contributed by atoms with Crippen LogP contribution in [0, 0.1) is 0 Å². The first-order chi connectivity index (χ1) is 12.2. The van der Waals surface area contributed by atoms with E-state index in [0.717, 1.165) is 31.8 Å². The van der Waals surface area contributed by atoms with Crippen molar-refractivity contribution in [1.82, 2.24) is 4.98 Å². The molecule has 3 aromatic rings. The normalized spacial score (nSPS) is 12.3. The Balaban J connectivity index is 1.78. The van der Waals surface area contributed by atoms with Crippen LogP contribution >= 0.6 is 23.1 Å². The van der Waals surface area contributed by atoms with Crippen molar-refractivity contribution in [2.24, 2.45) is 0 Å². The molecule has 5 nitrogen and oxygen atoms in total. The Morgan fingerprint density at radius 3 is 2.72 bits per heavy atom. The predicted octanol–water partition coefficient (Wildman–Crippen LogP) is 4.38. The van der Waals surface area contributed by atoms with Gasteiger partial charge in [0.15, 0.2) is 15.8 Å². The van der Waals surface area contributed by atoms with Crippen molar-refractivity contribution in [2.45, 2.75) is 4.34 Å². The molecule has 0 radical (unpaired) electrons. The van der Waals surface area contributed by atoms with Crippen LogP contribution in [-0.4, -0.2) is 28.6 Å². The third-order valence-electron chi connectivity index (χ3n) is 3.61. The van der Waals surface area contributed by atoms with Gasteiger partial charge in [-0.1, -0.05) is 42.1 Å². The van der Waals surface area contributed by atoms with E-state index in [-0.39, 0.29) is 12.5 Å². The second kappa shape index (κ2) is 6.78. The van der Waals surface area contributed by atoms with Gasteiger partial charge in [-0.3, -0.25) is 4.79 Å². The minimum atomic E-state index is -0.855. The highest BCUT2D eigenvalue weighted by atomic mass is 32.2. The van der Waals surface area contributed by atoms with E-state index < -0.39 is 5.97 Å². The van der Waals surface area contributed by atoms with Gasteiger partial charge in [-0.15, -0.1) is 11.3 Å². The van der Waals surface area contributed by atoms with Crippen LogP contribution < -0.4 is 9.47 Å². The maximum Gasteiger partial charge on any atom is 0.313 e. The fourth-order valence-corrected chi connectivity index (χ4v) is 4.40. The van der Waals surface area contributed by atoms with Gasteiger partial charge in [0.2, 0.25) is 6.79 Å². The molecule has 1 aromatic heterocycles. The lowest BCUT2D eigenvalue weighted by Gasteiger charge is -2.04. The minimum absolute atomic E-state index is 0.0116. The number of ether oxygens (including phenoxy) is 2. The molecule has 1 N–H and O–H groups in total. The molecular formula is C18H13NO4S2. The van der Waals surface area contributed by atoms with Gasteiger partial charge in [0, 0.05) is 5.56 Å². The second-order valence-corrected chi connectivity index (χ2v) is 7.50. The van der Waals surface area contributed by atoms with E-state index in [1.807, 2.05) is 48.5 Å². The van der Waals surface area contributed by atoms with Crippen molar-refractivity contribution in [3.63, 3.8) is 0 Å². The zero-order valence-corrected chi connectivity index (χ0v) is 14.6. The SMILES string of the molecule is O=C(O)CSc1nc(-c2ccc3c(c2)OCO3)c(-c2ccccc2)s1. The summed E-state index contributed by atoms with van der Waals surface area (Å²) in [4.78, 5) is 16.5. The predicted molar refractivity (Wildman–Crippen MR) is 97.5 cm³/mol. The van der Waals surface area contributed by atoms with Crippen molar-refractivity contribution in [3.8, 4) is 33.2 Å². The molecule has 0 saturated heterocycles. The second-order valence-electron chi connectivity index (χ2n) is 5.27. The van der Waals surface area contributed by atoms with Crippen LogP contribution in [0.1, 0.15) is 0 Å². The molecule has 0 spiro atoms. The van der Waals surface area contributed by atoms with Crippen LogP contribution in [-0.2, 0) is 4.79 Å². The van der Waals surface area contributed by atoms with Gasteiger partial charge in [0.1, 0.15) is 0 Å². The number of nitrogens with zero attached hydrogens (tertiary/aromatic N) is 1. The molecule has 0 saturated carbocycles. The minimum Gasteiger partial charge on any atom is -0.481 e. The van der Waals surface area contributed by atoms with Crippen molar-refractivity contribution in [2.75, 3.05) is 12.5 Å². The highest BCUT2D eigenvalue weighted by molar-refractivity contribution is 8.01. The first-order valence-corrected chi connectivity index (χ1v) is 9.32. The van der Waals surface area contributed by atoms with E-state index in [2.05, 4.69) is 4.98 Å². The van der Waals surface area contributed by atoms with Crippen LogP contribution in [0.15, 0.2) is 52.9 Å². The van der Waals surface area contributed by atoms with E-state index in [4.69, 9.17) is 14.6 Å². The number of benzene rings is 2. The number of fused-ring (bicyclic) bond motifs is 1. The summed E-state index contributed by atoms with van der Waals surface area (Å²) in [6, 6.07) is 15.7. The fraction of sp³-hybridized carbons (Fsp3) is 0.111. The molecular weight excluding hydrogens is 358 g/mol. The molecule has 126 valence electrons. The van der Waals surface area contributed by atoms with Crippen molar-refractivity contribution >= 4 is 29.1 Å². The molecule has 7 heteroatoms. The summed E-state index contributed by atoms with van der Waals surface area (Å²) in [5, 5.41) is 8.92. The van der Waals surface area contributed by atoms with Gasteiger partial charge < -0.3 is 14.6 Å². The van der Waals surface area contributed by atoms with Crippen LogP contribution in [0.5, 0.6) is 11.5 Å². The number of carboxylic acid groups (broad SMARTS) is 1. The lowest BCUT2D eigenvalue weighted by Crippen LogP contribution is -1.96. The number of rotatable bonds is 5. The number of thiazole rings is 1. The average Bonchev–Trinajstić information content (AvgIpc) is 3.27. The summed E-state index contributed by atoms with van der Waals surface area (Å²) in [7, 11) is 0. The van der Waals surface area contributed by atoms with Crippen LogP contribution in [0.3, 0.4) is 0 Å². The Hall–Kier alpha value is -2.51. The summed E-state index contributed by atoms with van der Waals surface area (Å²) >= 11 is 2.73. The van der Waals surface area contributed by atoms with Gasteiger partial charge in [-0.25, -0.2) is 4.98 Å².